The summed E-state index contributed by atoms with van der Waals surface area (Å²) in [6, 6.07) is 3.53. The number of ether oxygens (including phenoxy) is 1. The Hall–Kier alpha value is -1.53. The number of nitrogens with one attached hydrogen (secondary N) is 1. The number of hydrogen-bond donors (Lipinski definition) is 1. The molecular formula is C14H19FN2O3. The first-order valence-corrected chi connectivity index (χ1v) is 6.87. The maximum Gasteiger partial charge on any atom is 0.274 e. The second kappa shape index (κ2) is 6.76. The predicted octanol–water partition coefficient (Wildman–Crippen LogP) is 2.64. The monoisotopic (exact) mass is 282 g/mol. The molecule has 5 nitrogen and oxygen atoms in total. The first-order valence-electron chi connectivity index (χ1n) is 6.87. The molecule has 1 aromatic carbocycles. The summed E-state index contributed by atoms with van der Waals surface area (Å²) in [7, 11) is 0. The zero-order valence-electron chi connectivity index (χ0n) is 11.5. The van der Waals surface area contributed by atoms with E-state index in [1.807, 2.05) is 0 Å². The van der Waals surface area contributed by atoms with Crippen LogP contribution in [0.1, 0.15) is 25.3 Å². The molecule has 1 heterocycles. The Morgan fingerprint density at radius 3 is 3.05 bits per heavy atom. The average molecular weight is 282 g/mol. The quantitative estimate of drug-likeness (QED) is 0.643. The Balaban J connectivity index is 1.93. The van der Waals surface area contributed by atoms with Crippen LogP contribution in [0.2, 0.25) is 0 Å². The Morgan fingerprint density at radius 2 is 2.35 bits per heavy atom. The van der Waals surface area contributed by atoms with E-state index in [0.29, 0.717) is 18.0 Å². The Morgan fingerprint density at radius 1 is 1.55 bits per heavy atom. The molecule has 0 radical (unpaired) electrons. The van der Waals surface area contributed by atoms with E-state index in [2.05, 4.69) is 12.2 Å². The minimum absolute atomic E-state index is 0.0476. The van der Waals surface area contributed by atoms with E-state index in [9.17, 15) is 14.5 Å². The first kappa shape index (κ1) is 14.9. The molecule has 0 amide bonds. The highest BCUT2D eigenvalue weighted by Gasteiger charge is 2.26. The zero-order valence-corrected chi connectivity index (χ0v) is 11.5. The van der Waals surface area contributed by atoms with Gasteiger partial charge in [0.15, 0.2) is 0 Å². The number of nitrogens with zero attached hydrogens (tertiary/aromatic N) is 1. The van der Waals surface area contributed by atoms with E-state index in [-0.39, 0.29) is 11.8 Å². The van der Waals surface area contributed by atoms with Crippen LogP contribution in [-0.4, -0.2) is 24.2 Å². The van der Waals surface area contributed by atoms with Crippen LogP contribution in [0.3, 0.4) is 0 Å². The lowest BCUT2D eigenvalue weighted by molar-refractivity contribution is -0.385. The summed E-state index contributed by atoms with van der Waals surface area (Å²) in [4.78, 5) is 10.4. The van der Waals surface area contributed by atoms with Crippen LogP contribution in [0.25, 0.3) is 0 Å². The SMILES string of the molecule is CCC1OCCC1CNCc1cc(F)ccc1[N+](=O)[O-]. The van der Waals surface area contributed by atoms with Crippen LogP contribution in [0.5, 0.6) is 0 Å². The van der Waals surface area contributed by atoms with Gasteiger partial charge in [-0.15, -0.1) is 0 Å². The van der Waals surface area contributed by atoms with Crippen molar-refractivity contribution in [3.8, 4) is 0 Å². The average Bonchev–Trinajstić information content (AvgIpc) is 2.86. The lowest BCUT2D eigenvalue weighted by Crippen LogP contribution is -2.28. The number of nitro groups is 1. The van der Waals surface area contributed by atoms with E-state index in [1.165, 1.54) is 12.1 Å². The molecule has 1 aliphatic rings. The third kappa shape index (κ3) is 3.52. The molecule has 0 aromatic heterocycles. The highest BCUT2D eigenvalue weighted by molar-refractivity contribution is 5.40. The molecule has 0 spiro atoms. The third-order valence-electron chi connectivity index (χ3n) is 3.71. The van der Waals surface area contributed by atoms with Crippen molar-refractivity contribution in [3.05, 3.63) is 39.7 Å². The van der Waals surface area contributed by atoms with Crippen molar-refractivity contribution in [3.63, 3.8) is 0 Å². The van der Waals surface area contributed by atoms with Gasteiger partial charge >= 0.3 is 0 Å². The van der Waals surface area contributed by atoms with Gasteiger partial charge in [0.25, 0.3) is 5.69 Å². The number of rotatable bonds is 6. The molecule has 0 bridgehead atoms. The smallest absolute Gasteiger partial charge is 0.274 e. The van der Waals surface area contributed by atoms with Gasteiger partial charge in [-0.3, -0.25) is 10.1 Å². The van der Waals surface area contributed by atoms with Crippen molar-refractivity contribution < 1.29 is 14.1 Å². The summed E-state index contributed by atoms with van der Waals surface area (Å²) >= 11 is 0. The van der Waals surface area contributed by atoms with Crippen LogP contribution in [0, 0.1) is 21.8 Å². The molecule has 2 atom stereocenters. The molecule has 20 heavy (non-hydrogen) atoms. The number of benzene rings is 1. The Kier molecular flexibility index (Phi) is 5.03. The molecule has 1 aliphatic heterocycles. The summed E-state index contributed by atoms with van der Waals surface area (Å²) in [6.45, 7) is 3.87. The molecule has 1 fully saturated rings. The largest absolute Gasteiger partial charge is 0.378 e. The second-order valence-corrected chi connectivity index (χ2v) is 5.03. The van der Waals surface area contributed by atoms with Crippen LogP contribution < -0.4 is 5.32 Å². The fourth-order valence-electron chi connectivity index (χ4n) is 2.64. The van der Waals surface area contributed by atoms with Gasteiger partial charge in [-0.2, -0.15) is 0 Å². The number of hydrogen-bond acceptors (Lipinski definition) is 4. The van der Waals surface area contributed by atoms with E-state index < -0.39 is 10.7 Å². The van der Waals surface area contributed by atoms with E-state index in [0.717, 1.165) is 32.1 Å². The Labute approximate surface area is 117 Å². The van der Waals surface area contributed by atoms with Gasteiger partial charge in [-0.25, -0.2) is 4.39 Å². The molecule has 2 rings (SSSR count). The van der Waals surface area contributed by atoms with Crippen LogP contribution >= 0.6 is 0 Å². The molecular weight excluding hydrogens is 263 g/mol. The van der Waals surface area contributed by atoms with Crippen molar-refractivity contribution >= 4 is 5.69 Å². The lowest BCUT2D eigenvalue weighted by atomic mass is 9.99. The van der Waals surface area contributed by atoms with Gasteiger partial charge in [0.05, 0.1) is 11.0 Å². The third-order valence-corrected chi connectivity index (χ3v) is 3.71. The first-order chi connectivity index (χ1) is 9.61. The minimum Gasteiger partial charge on any atom is -0.378 e. The molecule has 0 saturated carbocycles. The highest BCUT2D eigenvalue weighted by Crippen LogP contribution is 2.23. The highest BCUT2D eigenvalue weighted by atomic mass is 19.1. The summed E-state index contributed by atoms with van der Waals surface area (Å²) in [5.74, 6) is -0.0318. The van der Waals surface area contributed by atoms with Gasteiger partial charge in [0.1, 0.15) is 5.82 Å². The summed E-state index contributed by atoms with van der Waals surface area (Å²) in [5.41, 5.74) is 0.329. The molecule has 1 saturated heterocycles. The van der Waals surface area contributed by atoms with Gasteiger partial charge in [-0.1, -0.05) is 6.92 Å². The molecule has 0 aliphatic carbocycles. The second-order valence-electron chi connectivity index (χ2n) is 5.03. The zero-order chi connectivity index (χ0) is 14.5. The number of halogens is 1. The van der Waals surface area contributed by atoms with Crippen LogP contribution in [-0.2, 0) is 11.3 Å². The molecule has 2 unspecified atom stereocenters. The lowest BCUT2D eigenvalue weighted by Gasteiger charge is -2.17. The fraction of sp³-hybridized carbons (Fsp3) is 0.571. The molecule has 1 N–H and O–H groups in total. The topological polar surface area (TPSA) is 64.4 Å². The predicted molar refractivity (Wildman–Crippen MR) is 72.9 cm³/mol. The van der Waals surface area contributed by atoms with Crippen molar-refractivity contribution in [1.82, 2.24) is 5.32 Å². The Bertz CT molecular complexity index is 481. The van der Waals surface area contributed by atoms with Crippen molar-refractivity contribution in [2.45, 2.75) is 32.4 Å². The van der Waals surface area contributed by atoms with Crippen LogP contribution in [0.15, 0.2) is 18.2 Å². The maximum absolute atomic E-state index is 13.2. The van der Waals surface area contributed by atoms with Gasteiger partial charge in [0.2, 0.25) is 0 Å². The minimum atomic E-state index is -0.482. The summed E-state index contributed by atoms with van der Waals surface area (Å²) in [6.07, 6.45) is 2.22. The normalized spacial score (nSPS) is 22.1. The number of nitro benzene ring substituents is 1. The van der Waals surface area contributed by atoms with E-state index in [1.54, 1.807) is 0 Å². The summed E-state index contributed by atoms with van der Waals surface area (Å²) in [5, 5.41) is 14.1. The van der Waals surface area contributed by atoms with E-state index in [4.69, 9.17) is 4.74 Å². The van der Waals surface area contributed by atoms with Crippen molar-refractivity contribution in [2.75, 3.05) is 13.2 Å². The molecule has 110 valence electrons. The van der Waals surface area contributed by atoms with E-state index >= 15 is 0 Å². The van der Waals surface area contributed by atoms with Gasteiger partial charge in [0, 0.05) is 31.3 Å². The molecule has 1 aromatic rings. The van der Waals surface area contributed by atoms with Gasteiger partial charge < -0.3 is 10.1 Å². The summed E-state index contributed by atoms with van der Waals surface area (Å²) < 4.78 is 18.8. The fourth-order valence-corrected chi connectivity index (χ4v) is 2.64. The van der Waals surface area contributed by atoms with Gasteiger partial charge in [-0.05, 0) is 30.9 Å². The standard InChI is InChI=1S/C14H19FN2O3/c1-2-14-10(5-6-20-14)8-16-9-11-7-12(15)3-4-13(11)17(18)19/h3-4,7,10,14,16H,2,5-6,8-9H2,1H3. The maximum atomic E-state index is 13.2. The van der Waals surface area contributed by atoms with Crippen LogP contribution in [0.4, 0.5) is 10.1 Å². The molecule has 6 heteroatoms. The van der Waals surface area contributed by atoms with Crippen molar-refractivity contribution in [2.24, 2.45) is 5.92 Å². The van der Waals surface area contributed by atoms with Crippen molar-refractivity contribution in [1.29, 1.82) is 0 Å².